The van der Waals surface area contributed by atoms with Gasteiger partial charge in [-0.15, -0.1) is 10.2 Å². The zero-order valence-electron chi connectivity index (χ0n) is 16.5. The summed E-state index contributed by atoms with van der Waals surface area (Å²) in [5.74, 6) is -0.329. The van der Waals surface area contributed by atoms with Crippen LogP contribution in [0.15, 0.2) is 59.7 Å². The first-order valence-electron chi connectivity index (χ1n) is 9.43. The van der Waals surface area contributed by atoms with Gasteiger partial charge in [0.2, 0.25) is 11.0 Å². The van der Waals surface area contributed by atoms with E-state index in [4.69, 9.17) is 0 Å². The van der Waals surface area contributed by atoms with Gasteiger partial charge in [-0.2, -0.15) is 5.10 Å². The van der Waals surface area contributed by atoms with E-state index in [1.54, 1.807) is 18.3 Å². The van der Waals surface area contributed by atoms with Gasteiger partial charge in [-0.05, 0) is 25.1 Å². The molecule has 0 aliphatic heterocycles. The number of carbonyl (C=O) groups excluding carboxylic acids is 2. The maximum Gasteiger partial charge on any atom is 0.325 e. The van der Waals surface area contributed by atoms with Gasteiger partial charge in [-0.25, -0.2) is 10.2 Å². The number of hydrazone groups is 1. The monoisotopic (exact) mass is 433 g/mol. The van der Waals surface area contributed by atoms with Crippen molar-refractivity contribution in [2.45, 2.75) is 13.3 Å². The van der Waals surface area contributed by atoms with Crippen molar-refractivity contribution >= 4 is 51.2 Å². The zero-order chi connectivity index (χ0) is 21.6. The lowest BCUT2D eigenvalue weighted by atomic mass is 10.1. The number of carbonyl (C=O) groups is 2. The van der Waals surface area contributed by atoms with Crippen LogP contribution in [-0.4, -0.2) is 33.3 Å². The Kier molecular flexibility index (Phi) is 5.99. The zero-order valence-corrected chi connectivity index (χ0v) is 17.4. The lowest BCUT2D eigenvalue weighted by Gasteiger charge is -2.03. The van der Waals surface area contributed by atoms with Crippen LogP contribution in [0.5, 0.6) is 0 Å². The molecule has 31 heavy (non-hydrogen) atoms. The first kappa shape index (κ1) is 20.2. The second kappa shape index (κ2) is 9.18. The first-order valence-corrected chi connectivity index (χ1v) is 10.2. The molecule has 0 saturated carbocycles. The van der Waals surface area contributed by atoms with Crippen molar-refractivity contribution in [3.8, 4) is 0 Å². The quantitative estimate of drug-likeness (QED) is 0.274. The first-order chi connectivity index (χ1) is 15.1. The third-order valence-corrected chi connectivity index (χ3v) is 5.20. The number of anilines is 2. The van der Waals surface area contributed by atoms with E-state index in [0.29, 0.717) is 15.8 Å². The highest BCUT2D eigenvalue weighted by atomic mass is 32.1. The summed E-state index contributed by atoms with van der Waals surface area (Å²) < 4.78 is 0. The van der Waals surface area contributed by atoms with Gasteiger partial charge in [0.1, 0.15) is 5.01 Å². The Bertz CT molecular complexity index is 1250. The molecule has 0 radical (unpaired) electrons. The molecule has 2 aromatic carbocycles. The number of aromatic amines is 1. The molecule has 0 aliphatic carbocycles. The minimum Gasteiger partial charge on any atom is -0.358 e. The normalized spacial score (nSPS) is 11.0. The Morgan fingerprint density at radius 2 is 1.84 bits per heavy atom. The summed E-state index contributed by atoms with van der Waals surface area (Å²) >= 11 is 1.12. The van der Waals surface area contributed by atoms with E-state index in [-0.39, 0.29) is 12.3 Å². The van der Waals surface area contributed by atoms with Crippen molar-refractivity contribution < 1.29 is 9.59 Å². The van der Waals surface area contributed by atoms with Crippen LogP contribution in [0, 0.1) is 6.92 Å². The summed E-state index contributed by atoms with van der Waals surface area (Å²) in [6.45, 7) is 1.95. The average Bonchev–Trinajstić information content (AvgIpc) is 3.32. The van der Waals surface area contributed by atoms with Crippen molar-refractivity contribution in [1.82, 2.24) is 20.6 Å². The van der Waals surface area contributed by atoms with E-state index in [2.05, 4.69) is 36.3 Å². The number of para-hydroxylation sites is 2. The third kappa shape index (κ3) is 5.11. The lowest BCUT2D eigenvalue weighted by Crippen LogP contribution is -2.19. The maximum atomic E-state index is 12.2. The topological polar surface area (TPSA) is 124 Å². The minimum atomic E-state index is -0.433. The molecule has 0 fully saturated rings. The number of H-pyrrole nitrogens is 1. The standard InChI is InChI=1S/C21H19N7O2S/c1-13-16(15-9-5-6-10-17(15)23-13)12-22-26-18(29)11-19-27-28-21(31-19)25-20(30)24-14-7-3-2-4-8-14/h2-10,12,23H,11H2,1H3,(H,26,29)(H2,24,25,28,30)/b22-12-. The number of rotatable bonds is 6. The Balaban J connectivity index is 1.30. The predicted octanol–water partition coefficient (Wildman–Crippen LogP) is 3.66. The summed E-state index contributed by atoms with van der Waals surface area (Å²) in [5, 5.41) is 19.0. The molecular weight excluding hydrogens is 414 g/mol. The molecule has 2 heterocycles. The fourth-order valence-corrected chi connectivity index (χ4v) is 3.70. The molecule has 0 bridgehead atoms. The minimum absolute atomic E-state index is 0.00383. The number of benzene rings is 2. The molecule has 10 heteroatoms. The molecule has 3 amide bonds. The predicted molar refractivity (Wildman–Crippen MR) is 121 cm³/mol. The number of aromatic nitrogens is 3. The average molecular weight is 433 g/mol. The van der Waals surface area contributed by atoms with Gasteiger partial charge in [0.05, 0.1) is 12.6 Å². The molecular formula is C21H19N7O2S. The lowest BCUT2D eigenvalue weighted by molar-refractivity contribution is -0.120. The van der Waals surface area contributed by atoms with E-state index in [0.717, 1.165) is 33.5 Å². The summed E-state index contributed by atoms with van der Waals surface area (Å²) in [4.78, 5) is 27.5. The van der Waals surface area contributed by atoms with Crippen molar-refractivity contribution in [1.29, 1.82) is 0 Å². The van der Waals surface area contributed by atoms with Crippen LogP contribution in [0.25, 0.3) is 10.9 Å². The number of fused-ring (bicyclic) bond motifs is 1. The van der Waals surface area contributed by atoms with Crippen LogP contribution < -0.4 is 16.1 Å². The second-order valence-corrected chi connectivity index (χ2v) is 7.69. The molecule has 156 valence electrons. The van der Waals surface area contributed by atoms with Crippen LogP contribution in [-0.2, 0) is 11.2 Å². The number of hydrogen-bond donors (Lipinski definition) is 4. The molecule has 0 saturated heterocycles. The molecule has 0 atom stereocenters. The van der Waals surface area contributed by atoms with Gasteiger partial charge < -0.3 is 10.3 Å². The van der Waals surface area contributed by atoms with Crippen LogP contribution in [0.1, 0.15) is 16.3 Å². The van der Waals surface area contributed by atoms with Crippen LogP contribution in [0.4, 0.5) is 15.6 Å². The SMILES string of the molecule is Cc1[nH]c2ccccc2c1/C=N\NC(=O)Cc1nnc(NC(=O)Nc2ccccc2)s1. The molecule has 0 spiro atoms. The summed E-state index contributed by atoms with van der Waals surface area (Å²) in [6.07, 6.45) is 1.62. The van der Waals surface area contributed by atoms with Crippen LogP contribution in [0.2, 0.25) is 0 Å². The summed E-state index contributed by atoms with van der Waals surface area (Å²) in [7, 11) is 0. The number of amides is 3. The number of nitrogens with zero attached hydrogens (tertiary/aromatic N) is 3. The van der Waals surface area contributed by atoms with E-state index < -0.39 is 6.03 Å². The highest BCUT2D eigenvalue weighted by Gasteiger charge is 2.12. The largest absolute Gasteiger partial charge is 0.358 e. The highest BCUT2D eigenvalue weighted by molar-refractivity contribution is 7.15. The molecule has 4 aromatic rings. The van der Waals surface area contributed by atoms with Gasteiger partial charge >= 0.3 is 6.03 Å². The number of hydrogen-bond acceptors (Lipinski definition) is 6. The van der Waals surface area contributed by atoms with Crippen molar-refractivity contribution in [2.75, 3.05) is 10.6 Å². The van der Waals surface area contributed by atoms with Crippen molar-refractivity contribution in [3.63, 3.8) is 0 Å². The molecule has 4 N–H and O–H groups in total. The van der Waals surface area contributed by atoms with Gasteiger partial charge in [0.15, 0.2) is 0 Å². The smallest absolute Gasteiger partial charge is 0.325 e. The molecule has 0 unspecified atom stereocenters. The number of aryl methyl sites for hydroxylation is 1. The van der Waals surface area contributed by atoms with E-state index in [9.17, 15) is 9.59 Å². The van der Waals surface area contributed by atoms with Gasteiger partial charge in [-0.3, -0.25) is 10.1 Å². The molecule has 4 rings (SSSR count). The Hall–Kier alpha value is -4.05. The highest BCUT2D eigenvalue weighted by Crippen LogP contribution is 2.20. The second-order valence-electron chi connectivity index (χ2n) is 6.63. The maximum absolute atomic E-state index is 12.2. The van der Waals surface area contributed by atoms with Crippen LogP contribution >= 0.6 is 11.3 Å². The number of nitrogens with one attached hydrogen (secondary N) is 4. The Morgan fingerprint density at radius 1 is 1.06 bits per heavy atom. The van der Waals surface area contributed by atoms with E-state index in [1.807, 2.05) is 49.4 Å². The fraction of sp³-hybridized carbons (Fsp3) is 0.0952. The van der Waals surface area contributed by atoms with Gasteiger partial charge in [0.25, 0.3) is 0 Å². The fourth-order valence-electron chi connectivity index (χ4n) is 2.97. The van der Waals surface area contributed by atoms with Crippen LogP contribution in [0.3, 0.4) is 0 Å². The third-order valence-electron chi connectivity index (χ3n) is 4.36. The number of urea groups is 1. The van der Waals surface area contributed by atoms with Gasteiger partial charge in [0, 0.05) is 27.8 Å². The molecule has 2 aromatic heterocycles. The van der Waals surface area contributed by atoms with E-state index in [1.165, 1.54) is 0 Å². The van der Waals surface area contributed by atoms with E-state index >= 15 is 0 Å². The Labute approximate surface area is 181 Å². The van der Waals surface area contributed by atoms with Gasteiger partial charge in [-0.1, -0.05) is 47.7 Å². The Morgan fingerprint density at radius 3 is 2.68 bits per heavy atom. The summed E-state index contributed by atoms with van der Waals surface area (Å²) in [6, 6.07) is 16.5. The molecule has 9 nitrogen and oxygen atoms in total. The van der Waals surface area contributed by atoms with Crippen molar-refractivity contribution in [3.05, 3.63) is 70.9 Å². The molecule has 0 aliphatic rings. The summed E-state index contributed by atoms with van der Waals surface area (Å²) in [5.41, 5.74) is 6.06. The van der Waals surface area contributed by atoms with Crippen molar-refractivity contribution in [2.24, 2.45) is 5.10 Å².